The molecule has 1 aliphatic heterocycles. The fraction of sp³-hybridized carbons (Fsp3) is 0.286. The molecule has 0 aliphatic carbocycles. The lowest BCUT2D eigenvalue weighted by molar-refractivity contribution is -0.124. The first-order valence-corrected chi connectivity index (χ1v) is 9.37. The van der Waals surface area contributed by atoms with Crippen molar-refractivity contribution in [3.63, 3.8) is 0 Å². The van der Waals surface area contributed by atoms with Crippen molar-refractivity contribution in [2.24, 2.45) is 5.92 Å². The van der Waals surface area contributed by atoms with Gasteiger partial charge in [0.15, 0.2) is 0 Å². The molecule has 1 unspecified atom stereocenters. The van der Waals surface area contributed by atoms with E-state index in [4.69, 9.17) is 4.74 Å². The summed E-state index contributed by atoms with van der Waals surface area (Å²) in [5, 5.41) is 5.39. The molecular formula is C21H22FN3O4. The number of carbonyl (C=O) groups excluding carboxylic acids is 3. The van der Waals surface area contributed by atoms with Crippen LogP contribution in [0.25, 0.3) is 0 Å². The van der Waals surface area contributed by atoms with Gasteiger partial charge in [0, 0.05) is 30.0 Å². The van der Waals surface area contributed by atoms with E-state index >= 15 is 0 Å². The number of rotatable bonds is 5. The number of anilines is 3. The highest BCUT2D eigenvalue weighted by Crippen LogP contribution is 2.26. The second-order valence-electron chi connectivity index (χ2n) is 6.63. The average molecular weight is 399 g/mol. The molecule has 2 aromatic rings. The number of piperidine rings is 1. The van der Waals surface area contributed by atoms with E-state index in [9.17, 15) is 18.8 Å². The van der Waals surface area contributed by atoms with Crippen molar-refractivity contribution in [2.45, 2.75) is 19.8 Å². The van der Waals surface area contributed by atoms with Crippen molar-refractivity contribution in [3.8, 4) is 0 Å². The summed E-state index contributed by atoms with van der Waals surface area (Å²) < 4.78 is 18.3. The van der Waals surface area contributed by atoms with E-state index in [-0.39, 0.29) is 31.4 Å². The topological polar surface area (TPSA) is 87.7 Å². The van der Waals surface area contributed by atoms with Gasteiger partial charge in [0.1, 0.15) is 5.82 Å². The number of benzene rings is 2. The van der Waals surface area contributed by atoms with Crippen LogP contribution in [0.5, 0.6) is 0 Å². The first-order chi connectivity index (χ1) is 14.0. The molecule has 29 heavy (non-hydrogen) atoms. The summed E-state index contributed by atoms with van der Waals surface area (Å²) in [6.07, 6.45) is 0.101. The SMILES string of the molecule is CCOC(=O)Nc1ccc(NC(=O)C2CCC(=O)N(c3cccc(F)c3)C2)cc1. The maximum absolute atomic E-state index is 13.5. The van der Waals surface area contributed by atoms with E-state index in [1.807, 2.05) is 0 Å². The Morgan fingerprint density at radius 3 is 2.48 bits per heavy atom. The van der Waals surface area contributed by atoms with E-state index in [0.29, 0.717) is 23.5 Å². The van der Waals surface area contributed by atoms with Gasteiger partial charge in [0.05, 0.1) is 12.5 Å². The van der Waals surface area contributed by atoms with Gasteiger partial charge in [-0.25, -0.2) is 9.18 Å². The summed E-state index contributed by atoms with van der Waals surface area (Å²) >= 11 is 0. The predicted molar refractivity (Wildman–Crippen MR) is 107 cm³/mol. The van der Waals surface area contributed by atoms with Crippen LogP contribution in [0.15, 0.2) is 48.5 Å². The van der Waals surface area contributed by atoms with E-state index in [0.717, 1.165) is 0 Å². The number of nitrogens with one attached hydrogen (secondary N) is 2. The van der Waals surface area contributed by atoms with Crippen LogP contribution in [-0.2, 0) is 14.3 Å². The van der Waals surface area contributed by atoms with Gasteiger partial charge in [-0.2, -0.15) is 0 Å². The first kappa shape index (κ1) is 20.3. The zero-order valence-corrected chi connectivity index (χ0v) is 16.0. The van der Waals surface area contributed by atoms with Gasteiger partial charge < -0.3 is 15.0 Å². The molecule has 3 amide bonds. The summed E-state index contributed by atoms with van der Waals surface area (Å²) in [6.45, 7) is 2.18. The monoisotopic (exact) mass is 399 g/mol. The lowest BCUT2D eigenvalue weighted by atomic mass is 9.96. The molecular weight excluding hydrogens is 377 g/mol. The third-order valence-electron chi connectivity index (χ3n) is 4.58. The Kier molecular flexibility index (Phi) is 6.43. The molecule has 1 atom stereocenters. The maximum atomic E-state index is 13.5. The first-order valence-electron chi connectivity index (χ1n) is 9.37. The highest BCUT2D eigenvalue weighted by atomic mass is 19.1. The maximum Gasteiger partial charge on any atom is 0.411 e. The van der Waals surface area contributed by atoms with Crippen LogP contribution in [0.2, 0.25) is 0 Å². The molecule has 1 heterocycles. The Labute approximate surface area is 167 Å². The van der Waals surface area contributed by atoms with E-state index in [2.05, 4.69) is 10.6 Å². The predicted octanol–water partition coefficient (Wildman–Crippen LogP) is 3.78. The highest BCUT2D eigenvalue weighted by Gasteiger charge is 2.31. The minimum absolute atomic E-state index is 0.131. The zero-order chi connectivity index (χ0) is 20.8. The standard InChI is InChI=1S/C21H22FN3O4/c1-2-29-21(28)24-17-9-7-16(8-10-17)23-20(27)14-6-11-19(26)25(13-14)18-5-3-4-15(22)12-18/h3-5,7-10,12,14H,2,6,11,13H2,1H3,(H,23,27)(H,24,28). The van der Waals surface area contributed by atoms with Crippen LogP contribution in [0.3, 0.4) is 0 Å². The lowest BCUT2D eigenvalue weighted by Gasteiger charge is -2.32. The minimum Gasteiger partial charge on any atom is -0.450 e. The number of ether oxygens (including phenoxy) is 1. The van der Waals surface area contributed by atoms with Crippen LogP contribution in [0, 0.1) is 11.7 Å². The Hall–Kier alpha value is -3.42. The fourth-order valence-electron chi connectivity index (χ4n) is 3.12. The van der Waals surface area contributed by atoms with Crippen molar-refractivity contribution in [2.75, 3.05) is 28.7 Å². The molecule has 8 heteroatoms. The molecule has 1 fully saturated rings. The third kappa shape index (κ3) is 5.31. The molecule has 2 N–H and O–H groups in total. The van der Waals surface area contributed by atoms with E-state index in [1.54, 1.807) is 37.3 Å². The molecule has 3 rings (SSSR count). The molecule has 0 bridgehead atoms. The van der Waals surface area contributed by atoms with Gasteiger partial charge >= 0.3 is 6.09 Å². The second-order valence-corrected chi connectivity index (χ2v) is 6.63. The smallest absolute Gasteiger partial charge is 0.411 e. The molecule has 152 valence electrons. The van der Waals surface area contributed by atoms with Crippen molar-refractivity contribution in [3.05, 3.63) is 54.3 Å². The van der Waals surface area contributed by atoms with Gasteiger partial charge in [0.25, 0.3) is 0 Å². The molecule has 0 spiro atoms. The van der Waals surface area contributed by atoms with Gasteiger partial charge in [0.2, 0.25) is 11.8 Å². The summed E-state index contributed by atoms with van der Waals surface area (Å²) in [4.78, 5) is 37.8. The summed E-state index contributed by atoms with van der Waals surface area (Å²) in [5.41, 5.74) is 1.56. The third-order valence-corrected chi connectivity index (χ3v) is 4.58. The van der Waals surface area contributed by atoms with E-state index < -0.39 is 17.8 Å². The zero-order valence-electron chi connectivity index (χ0n) is 16.0. The summed E-state index contributed by atoms with van der Waals surface area (Å²) in [5.74, 6) is -1.19. The summed E-state index contributed by atoms with van der Waals surface area (Å²) in [6, 6.07) is 12.4. The van der Waals surface area contributed by atoms with Crippen LogP contribution in [-0.4, -0.2) is 31.1 Å². The number of halogens is 1. The van der Waals surface area contributed by atoms with Crippen molar-refractivity contribution in [1.82, 2.24) is 0 Å². The molecule has 0 radical (unpaired) electrons. The van der Waals surface area contributed by atoms with E-state index in [1.165, 1.54) is 23.1 Å². The van der Waals surface area contributed by atoms with Crippen molar-refractivity contribution >= 4 is 35.0 Å². The van der Waals surface area contributed by atoms with Gasteiger partial charge in [-0.3, -0.25) is 14.9 Å². The van der Waals surface area contributed by atoms with Crippen molar-refractivity contribution < 1.29 is 23.5 Å². The molecule has 7 nitrogen and oxygen atoms in total. The van der Waals surface area contributed by atoms with Crippen LogP contribution >= 0.6 is 0 Å². The number of carbonyl (C=O) groups is 3. The number of hydrogen-bond acceptors (Lipinski definition) is 4. The number of amides is 3. The van der Waals surface area contributed by atoms with Crippen LogP contribution in [0.1, 0.15) is 19.8 Å². The van der Waals surface area contributed by atoms with Gasteiger partial charge in [-0.1, -0.05) is 6.07 Å². The Morgan fingerprint density at radius 1 is 1.14 bits per heavy atom. The normalized spacial score (nSPS) is 16.3. The lowest BCUT2D eigenvalue weighted by Crippen LogP contribution is -2.44. The Bertz CT molecular complexity index is 901. The Morgan fingerprint density at radius 2 is 1.83 bits per heavy atom. The van der Waals surface area contributed by atoms with Crippen LogP contribution in [0.4, 0.5) is 26.2 Å². The quantitative estimate of drug-likeness (QED) is 0.801. The molecule has 0 saturated carbocycles. The molecule has 2 aromatic carbocycles. The Balaban J connectivity index is 1.61. The van der Waals surface area contributed by atoms with Gasteiger partial charge in [-0.05, 0) is 55.8 Å². The molecule has 1 aliphatic rings. The molecule has 0 aromatic heterocycles. The van der Waals surface area contributed by atoms with Crippen molar-refractivity contribution in [1.29, 1.82) is 0 Å². The largest absolute Gasteiger partial charge is 0.450 e. The van der Waals surface area contributed by atoms with Gasteiger partial charge in [-0.15, -0.1) is 0 Å². The average Bonchev–Trinajstić information content (AvgIpc) is 2.70. The molecule has 1 saturated heterocycles. The summed E-state index contributed by atoms with van der Waals surface area (Å²) in [7, 11) is 0. The number of nitrogens with zero attached hydrogens (tertiary/aromatic N) is 1. The minimum atomic E-state index is -0.548. The second kappa shape index (κ2) is 9.18. The highest BCUT2D eigenvalue weighted by molar-refractivity contribution is 5.99. The number of hydrogen-bond donors (Lipinski definition) is 2. The fourth-order valence-corrected chi connectivity index (χ4v) is 3.12. The van der Waals surface area contributed by atoms with Crippen LogP contribution < -0.4 is 15.5 Å².